The number of rotatable bonds is 3. The molecule has 0 amide bonds. The van der Waals surface area contributed by atoms with Crippen molar-refractivity contribution in [3.63, 3.8) is 0 Å². The first-order valence-electron chi connectivity index (χ1n) is 7.22. The molecule has 1 N–H and O–H groups in total. The van der Waals surface area contributed by atoms with E-state index in [-0.39, 0.29) is 6.10 Å². The predicted molar refractivity (Wildman–Crippen MR) is 72.0 cm³/mol. The average molecular weight is 265 g/mol. The topological polar surface area (TPSA) is 57.4 Å². The Morgan fingerprint density at radius 2 is 1.95 bits per heavy atom. The average Bonchev–Trinajstić information content (AvgIpc) is 2.80. The smallest absolute Gasteiger partial charge is 0.135 e. The van der Waals surface area contributed by atoms with Gasteiger partial charge in [0.1, 0.15) is 11.6 Å². The minimum atomic E-state index is -0.234. The predicted octanol–water partition coefficient (Wildman–Crippen LogP) is -0.625. The summed E-state index contributed by atoms with van der Waals surface area (Å²) in [5.41, 5.74) is 0. The Bertz CT molecular complexity index is 425. The van der Waals surface area contributed by atoms with Crippen molar-refractivity contribution in [2.45, 2.75) is 31.9 Å². The lowest BCUT2D eigenvalue weighted by Gasteiger charge is -2.32. The third-order valence-corrected chi connectivity index (χ3v) is 4.26. The van der Waals surface area contributed by atoms with Crippen LogP contribution in [0.2, 0.25) is 0 Å². The van der Waals surface area contributed by atoms with Gasteiger partial charge in [0, 0.05) is 52.1 Å². The number of likely N-dealkylation sites (N-methyl/N-ethyl adjacent to an activating group) is 1. The number of hydrogen-bond acceptors (Lipinski definition) is 5. The van der Waals surface area contributed by atoms with Gasteiger partial charge >= 0.3 is 0 Å². The van der Waals surface area contributed by atoms with E-state index in [1.165, 1.54) is 0 Å². The van der Waals surface area contributed by atoms with E-state index in [2.05, 4.69) is 31.6 Å². The van der Waals surface area contributed by atoms with Crippen molar-refractivity contribution in [3.8, 4) is 0 Å². The number of aromatic nitrogens is 3. The number of piperazine rings is 1. The molecule has 106 valence electrons. The van der Waals surface area contributed by atoms with Crippen LogP contribution in [0.15, 0.2) is 0 Å². The molecule has 2 aliphatic rings. The summed E-state index contributed by atoms with van der Waals surface area (Å²) >= 11 is 0. The molecule has 1 atom stereocenters. The van der Waals surface area contributed by atoms with Gasteiger partial charge in [0.25, 0.3) is 0 Å². The summed E-state index contributed by atoms with van der Waals surface area (Å²) in [5, 5.41) is 18.1. The fraction of sp³-hybridized carbons (Fsp3) is 0.846. The zero-order valence-electron chi connectivity index (χ0n) is 11.6. The number of hydrogen-bond donors (Lipinski definition) is 1. The van der Waals surface area contributed by atoms with Gasteiger partial charge in [0.2, 0.25) is 0 Å². The van der Waals surface area contributed by atoms with E-state index < -0.39 is 0 Å². The van der Waals surface area contributed by atoms with Gasteiger partial charge < -0.3 is 19.5 Å². The third-order valence-electron chi connectivity index (χ3n) is 4.26. The molecule has 1 unspecified atom stereocenters. The second kappa shape index (κ2) is 5.56. The largest absolute Gasteiger partial charge is 0.393 e. The van der Waals surface area contributed by atoms with Crippen molar-refractivity contribution >= 4 is 0 Å². The summed E-state index contributed by atoms with van der Waals surface area (Å²) in [6, 6.07) is 0. The lowest BCUT2D eigenvalue weighted by atomic mass is 10.1. The van der Waals surface area contributed by atoms with Crippen LogP contribution < -0.4 is 0 Å². The zero-order valence-corrected chi connectivity index (χ0v) is 11.6. The molecule has 0 spiro atoms. The van der Waals surface area contributed by atoms with E-state index in [1.54, 1.807) is 0 Å². The molecular weight excluding hydrogens is 242 g/mol. The minimum absolute atomic E-state index is 0.234. The second-order valence-corrected chi connectivity index (χ2v) is 5.73. The fourth-order valence-electron chi connectivity index (χ4n) is 2.89. The fourth-order valence-corrected chi connectivity index (χ4v) is 2.89. The van der Waals surface area contributed by atoms with Gasteiger partial charge in [-0.3, -0.25) is 0 Å². The van der Waals surface area contributed by atoms with E-state index in [4.69, 9.17) is 0 Å². The first-order valence-corrected chi connectivity index (χ1v) is 7.22. The standard InChI is InChI=1S/C13H23N5O/c1-16-6-8-17(9-7-16)4-3-12-14-15-13-10-11(19)2-5-18(12)13/h11,19H,2-10H2,1H3. The lowest BCUT2D eigenvalue weighted by molar-refractivity contribution is 0.139. The molecule has 6 nitrogen and oxygen atoms in total. The van der Waals surface area contributed by atoms with Crippen molar-refractivity contribution in [2.24, 2.45) is 0 Å². The third kappa shape index (κ3) is 2.96. The van der Waals surface area contributed by atoms with Gasteiger partial charge in [-0.25, -0.2) is 0 Å². The van der Waals surface area contributed by atoms with Gasteiger partial charge in [0.05, 0.1) is 6.10 Å². The molecular formula is C13H23N5O. The van der Waals surface area contributed by atoms with Crippen LogP contribution in [0.25, 0.3) is 0 Å². The van der Waals surface area contributed by atoms with Crippen molar-refractivity contribution in [1.29, 1.82) is 0 Å². The van der Waals surface area contributed by atoms with Crippen LogP contribution in [0, 0.1) is 0 Å². The van der Waals surface area contributed by atoms with Gasteiger partial charge in [-0.15, -0.1) is 10.2 Å². The Kier molecular flexibility index (Phi) is 3.81. The van der Waals surface area contributed by atoms with Crippen LogP contribution in [0.4, 0.5) is 0 Å². The van der Waals surface area contributed by atoms with Crippen molar-refractivity contribution in [2.75, 3.05) is 39.8 Å². The molecule has 0 aromatic carbocycles. The quantitative estimate of drug-likeness (QED) is 0.789. The molecule has 0 saturated carbocycles. The molecule has 1 aromatic heterocycles. The van der Waals surface area contributed by atoms with Crippen molar-refractivity contribution in [1.82, 2.24) is 24.6 Å². The summed E-state index contributed by atoms with van der Waals surface area (Å²) < 4.78 is 2.20. The number of fused-ring (bicyclic) bond motifs is 1. The molecule has 1 saturated heterocycles. The van der Waals surface area contributed by atoms with Crippen molar-refractivity contribution in [3.05, 3.63) is 11.6 Å². The molecule has 0 aliphatic carbocycles. The Morgan fingerprint density at radius 1 is 1.16 bits per heavy atom. The maximum absolute atomic E-state index is 9.63. The zero-order chi connectivity index (χ0) is 13.2. The van der Waals surface area contributed by atoms with Crippen LogP contribution in [0.3, 0.4) is 0 Å². The summed E-state index contributed by atoms with van der Waals surface area (Å²) in [5.74, 6) is 2.04. The van der Waals surface area contributed by atoms with Gasteiger partial charge in [-0.1, -0.05) is 0 Å². The van der Waals surface area contributed by atoms with Crippen LogP contribution in [-0.4, -0.2) is 75.5 Å². The van der Waals surface area contributed by atoms with Gasteiger partial charge in [-0.05, 0) is 13.5 Å². The number of nitrogens with zero attached hydrogens (tertiary/aromatic N) is 5. The Hall–Kier alpha value is -0.980. The number of aliphatic hydroxyl groups excluding tert-OH is 1. The van der Waals surface area contributed by atoms with Crippen LogP contribution >= 0.6 is 0 Å². The Morgan fingerprint density at radius 3 is 2.74 bits per heavy atom. The molecule has 1 aromatic rings. The highest BCUT2D eigenvalue weighted by molar-refractivity contribution is 5.01. The molecule has 2 aliphatic heterocycles. The van der Waals surface area contributed by atoms with E-state index in [0.29, 0.717) is 6.42 Å². The highest BCUT2D eigenvalue weighted by Gasteiger charge is 2.22. The summed E-state index contributed by atoms with van der Waals surface area (Å²) in [6.45, 7) is 6.54. The molecule has 6 heteroatoms. The van der Waals surface area contributed by atoms with Crippen LogP contribution in [0.1, 0.15) is 18.1 Å². The van der Waals surface area contributed by atoms with Crippen LogP contribution in [-0.2, 0) is 19.4 Å². The maximum Gasteiger partial charge on any atom is 0.135 e. The summed E-state index contributed by atoms with van der Waals surface area (Å²) in [6.07, 6.45) is 2.21. The summed E-state index contributed by atoms with van der Waals surface area (Å²) in [4.78, 5) is 4.87. The van der Waals surface area contributed by atoms with Gasteiger partial charge in [-0.2, -0.15) is 0 Å². The van der Waals surface area contributed by atoms with E-state index >= 15 is 0 Å². The monoisotopic (exact) mass is 265 g/mol. The second-order valence-electron chi connectivity index (χ2n) is 5.73. The Balaban J connectivity index is 1.56. The summed E-state index contributed by atoms with van der Waals surface area (Å²) in [7, 11) is 2.18. The molecule has 3 rings (SSSR count). The normalized spacial score (nSPS) is 25.5. The molecule has 0 bridgehead atoms. The SMILES string of the molecule is CN1CCN(CCc2nnc3n2CCC(O)C3)CC1. The Labute approximate surface area is 114 Å². The highest BCUT2D eigenvalue weighted by atomic mass is 16.3. The van der Waals surface area contributed by atoms with E-state index in [9.17, 15) is 5.11 Å². The van der Waals surface area contributed by atoms with E-state index in [0.717, 1.165) is 63.8 Å². The molecule has 0 radical (unpaired) electrons. The molecule has 19 heavy (non-hydrogen) atoms. The number of aliphatic hydroxyl groups is 1. The highest BCUT2D eigenvalue weighted by Crippen LogP contribution is 2.15. The molecule has 1 fully saturated rings. The minimum Gasteiger partial charge on any atom is -0.393 e. The van der Waals surface area contributed by atoms with Crippen molar-refractivity contribution < 1.29 is 5.11 Å². The maximum atomic E-state index is 9.63. The first kappa shape index (κ1) is 13.0. The molecule has 3 heterocycles. The lowest BCUT2D eigenvalue weighted by Crippen LogP contribution is -2.45. The van der Waals surface area contributed by atoms with Gasteiger partial charge in [0.15, 0.2) is 0 Å². The first-order chi connectivity index (χ1) is 9.22. The van der Waals surface area contributed by atoms with Crippen LogP contribution in [0.5, 0.6) is 0 Å². The van der Waals surface area contributed by atoms with E-state index in [1.807, 2.05) is 0 Å².